The molecule has 0 aromatic heterocycles. The highest BCUT2D eigenvalue weighted by Crippen LogP contribution is 2.50. The van der Waals surface area contributed by atoms with Crippen LogP contribution in [0.25, 0.3) is 0 Å². The summed E-state index contributed by atoms with van der Waals surface area (Å²) in [4.78, 5) is 109. The molecule has 20 nitrogen and oxygen atoms in total. The molecule has 5 rings (SSSR count). The molecule has 0 aromatic carbocycles. The van der Waals surface area contributed by atoms with Crippen LogP contribution in [0, 0.1) is 40.9 Å². The molecule has 2 N–H and O–H groups in total. The number of ether oxygens (including phenoxy) is 5. The van der Waals surface area contributed by atoms with Gasteiger partial charge in [-0.25, -0.2) is 4.79 Å². The maximum Gasteiger partial charge on any atom is 0.407 e. The summed E-state index contributed by atoms with van der Waals surface area (Å²) in [5, 5.41) is 6.01. The molecule has 546 valence electrons. The molecule has 0 radical (unpaired) electrons. The van der Waals surface area contributed by atoms with Gasteiger partial charge in [-0.3, -0.25) is 43.7 Å². The van der Waals surface area contributed by atoms with Crippen molar-refractivity contribution >= 4 is 54.0 Å². The number of methoxy groups -OCH3 is 1. The molecule has 0 aromatic rings. The summed E-state index contributed by atoms with van der Waals surface area (Å²) in [6, 6.07) is -0.534. The third-order valence-corrected chi connectivity index (χ3v) is 21.3. The van der Waals surface area contributed by atoms with Crippen LogP contribution < -0.4 is 10.6 Å². The van der Waals surface area contributed by atoms with Crippen molar-refractivity contribution in [3.8, 4) is 0 Å². The van der Waals surface area contributed by atoms with E-state index in [1.165, 1.54) is 24.7 Å². The summed E-state index contributed by atoms with van der Waals surface area (Å²) in [6.07, 6.45) is 28.9. The number of aliphatic imine (C=N–C) groups is 2. The second-order valence-electron chi connectivity index (χ2n) is 28.9. The van der Waals surface area contributed by atoms with Crippen molar-refractivity contribution in [3.05, 3.63) is 59.4 Å². The first-order chi connectivity index (χ1) is 46.6. The van der Waals surface area contributed by atoms with E-state index >= 15 is 0 Å². The van der Waals surface area contributed by atoms with Crippen LogP contribution in [0.4, 0.5) is 4.79 Å². The number of allylic oxidation sites excluding steroid dienone is 7. The van der Waals surface area contributed by atoms with Crippen LogP contribution >= 0.6 is 0 Å². The Labute approximate surface area is 583 Å². The van der Waals surface area contributed by atoms with Gasteiger partial charge in [0.2, 0.25) is 11.7 Å². The Hall–Kier alpha value is -5.35. The van der Waals surface area contributed by atoms with Crippen molar-refractivity contribution < 1.29 is 57.2 Å². The molecule has 20 heteroatoms. The predicted molar refractivity (Wildman–Crippen MR) is 386 cm³/mol. The molecule has 3 heterocycles. The summed E-state index contributed by atoms with van der Waals surface area (Å²) >= 11 is 0. The maximum absolute atomic E-state index is 14.0. The smallest absolute Gasteiger partial charge is 0.407 e. The topological polar surface area (TPSA) is 227 Å². The lowest BCUT2D eigenvalue weighted by atomic mass is 9.63. The van der Waals surface area contributed by atoms with Gasteiger partial charge in [-0.05, 0) is 179 Å². The summed E-state index contributed by atoms with van der Waals surface area (Å²) in [7, 11) is 5.67. The molecule has 3 amide bonds. The number of ketones is 4. The second kappa shape index (κ2) is 44.7. The molecule has 2 saturated carbocycles. The minimum absolute atomic E-state index is 0.00263. The Morgan fingerprint density at radius 1 is 0.784 bits per heavy atom. The van der Waals surface area contributed by atoms with E-state index in [2.05, 4.69) is 84.0 Å². The van der Waals surface area contributed by atoms with Gasteiger partial charge >= 0.3 is 6.09 Å². The van der Waals surface area contributed by atoms with Gasteiger partial charge in [-0.2, -0.15) is 0 Å². The fourth-order valence-corrected chi connectivity index (χ4v) is 14.1. The predicted octanol–water partition coefficient (Wildman–Crippen LogP) is 11.0. The van der Waals surface area contributed by atoms with Crippen molar-refractivity contribution in [2.24, 2.45) is 50.9 Å². The number of carbonyl (C=O) groups excluding carboxylic acids is 7. The number of hydrogen-bond acceptors (Lipinski definition) is 17. The number of nitrogens with zero attached hydrogens (tertiary/aromatic N) is 6. The van der Waals surface area contributed by atoms with Crippen LogP contribution in [0.15, 0.2) is 69.4 Å². The highest BCUT2D eigenvalue weighted by molar-refractivity contribution is 6.38. The van der Waals surface area contributed by atoms with E-state index in [0.717, 1.165) is 121 Å². The number of likely N-dealkylation sites (tertiary alicyclic amines) is 1. The number of amides is 3. The lowest BCUT2D eigenvalue weighted by Crippen LogP contribution is -2.52. The fraction of sp³-hybridized carbons (Fsp3) is 0.753. The number of alkyl carbamates (subject to hydrolysis) is 1. The van der Waals surface area contributed by atoms with Crippen LogP contribution in [-0.4, -0.2) is 224 Å². The number of nitrogens with one attached hydrogen (secondary N) is 2. The summed E-state index contributed by atoms with van der Waals surface area (Å²) in [5.74, 6) is 0.365. The normalized spacial score (nSPS) is 23.5. The minimum Gasteiger partial charge on any atom is -0.446 e. The number of piperazine rings is 1. The van der Waals surface area contributed by atoms with Gasteiger partial charge in [0.15, 0.2) is 5.78 Å². The number of likely N-dealkylation sites (N-methyl/N-ethyl adjacent to an activating group) is 2. The minimum atomic E-state index is -0.812. The van der Waals surface area contributed by atoms with Gasteiger partial charge in [-0.1, -0.05) is 76.6 Å². The zero-order chi connectivity index (χ0) is 70.7. The zero-order valence-electron chi connectivity index (χ0n) is 61.5. The van der Waals surface area contributed by atoms with Crippen LogP contribution in [-0.2, 0) is 52.5 Å². The molecule has 2 aliphatic carbocycles. The lowest BCUT2D eigenvalue weighted by molar-refractivity contribution is -0.159. The van der Waals surface area contributed by atoms with E-state index in [-0.39, 0.29) is 77.7 Å². The van der Waals surface area contributed by atoms with E-state index in [0.29, 0.717) is 115 Å². The van der Waals surface area contributed by atoms with Gasteiger partial charge in [0.25, 0.3) is 5.91 Å². The van der Waals surface area contributed by atoms with Crippen molar-refractivity contribution in [2.75, 3.05) is 120 Å². The number of hydrogen-bond donors (Lipinski definition) is 2. The first kappa shape index (κ1) is 82.3. The zero-order valence-corrected chi connectivity index (χ0v) is 61.5. The summed E-state index contributed by atoms with van der Waals surface area (Å²) in [6.45, 7) is 29.7. The van der Waals surface area contributed by atoms with Gasteiger partial charge in [-0.15, -0.1) is 0 Å². The largest absolute Gasteiger partial charge is 0.446 e. The molecule has 0 bridgehead atoms. The van der Waals surface area contributed by atoms with E-state index in [4.69, 9.17) is 23.7 Å². The molecular formula is C77H126N8O12. The Bertz CT molecular complexity index is 2650. The maximum atomic E-state index is 14.0. The number of piperidine rings is 1. The van der Waals surface area contributed by atoms with Crippen LogP contribution in [0.2, 0.25) is 0 Å². The highest BCUT2D eigenvalue weighted by atomic mass is 16.6. The highest BCUT2D eigenvalue weighted by Gasteiger charge is 2.42. The van der Waals surface area contributed by atoms with Gasteiger partial charge in [0.1, 0.15) is 23.8 Å². The SMILES string of the molecule is C=N/C=C(\C=NCCN(CCNC)C(=O)CCOCCOCCN1CCN(C)CC1)CNC(=O)OC1CCC(CCC(CC(=O)C(C)/C=C(\C)C(C)CC(=O)C(C)CC/C=C/C=C/C=C(\C)C(CC2CCCC(C(=O)C(=O)N3CCCCC3C(C)=O)O2)OC)C2CC2)(C(C)C)CC1. The molecule has 5 aliphatic rings. The third kappa shape index (κ3) is 29.8. The number of carbonyl (C=O) groups is 7. The molecule has 8 unspecified atom stereocenters. The van der Waals surface area contributed by atoms with E-state index in [1.54, 1.807) is 24.4 Å². The molecule has 0 spiro atoms. The van der Waals surface area contributed by atoms with Crippen molar-refractivity contribution in [1.82, 2.24) is 30.2 Å². The Morgan fingerprint density at radius 2 is 1.52 bits per heavy atom. The summed E-state index contributed by atoms with van der Waals surface area (Å²) < 4.78 is 29.5. The lowest BCUT2D eigenvalue weighted by Gasteiger charge is -2.44. The third-order valence-electron chi connectivity index (χ3n) is 21.3. The molecule has 97 heavy (non-hydrogen) atoms. The van der Waals surface area contributed by atoms with Crippen LogP contribution in [0.1, 0.15) is 184 Å². The van der Waals surface area contributed by atoms with Gasteiger partial charge in [0.05, 0.1) is 57.6 Å². The average molecular weight is 1360 g/mol. The fourth-order valence-electron chi connectivity index (χ4n) is 14.1. The first-order valence-corrected chi connectivity index (χ1v) is 36.9. The monoisotopic (exact) mass is 1350 g/mol. The molecule has 5 fully saturated rings. The molecule has 3 saturated heterocycles. The average Bonchev–Trinajstić information content (AvgIpc) is 1.84. The van der Waals surface area contributed by atoms with Crippen molar-refractivity contribution in [1.29, 1.82) is 0 Å². The van der Waals surface area contributed by atoms with E-state index < -0.39 is 29.9 Å². The summed E-state index contributed by atoms with van der Waals surface area (Å²) in [5.41, 5.74) is 2.87. The van der Waals surface area contributed by atoms with Crippen LogP contribution in [0.5, 0.6) is 0 Å². The van der Waals surface area contributed by atoms with E-state index in [1.807, 2.05) is 52.1 Å². The van der Waals surface area contributed by atoms with Crippen molar-refractivity contribution in [3.63, 3.8) is 0 Å². The van der Waals surface area contributed by atoms with Crippen molar-refractivity contribution in [2.45, 2.75) is 214 Å². The van der Waals surface area contributed by atoms with Crippen LogP contribution in [0.3, 0.4) is 0 Å². The standard InChI is InChI=1S/C77H126N8O12/c1-56(2)77(33-29-66(30-34-77)97-76(92)81-55-63(53-79-10)54-80-36-39-84(38-35-78-9)73(89)31-45-94-47-48-95-46-44-83-42-40-82(11)41-43-83)32-28-65(64-26-27-64)51-70(88)61(7)49-59(5)60(6)50-69(87)57(3)21-16-14-13-15-17-22-58(4)72(93-12)52-67-23-20-25-71(96-67)74(90)75(91)85-37-19-18-24-68(85)62(8)86/h13-15,17,22,49,53-54,56-57,60-61,64-68,71-72,78H,10,16,18-21,23-48,50-52,55H2,1-9,11-12H3,(H,81,92)/b14-13+,17-15+,58-22+,59-49+,63-53+,80-54?. The Kier molecular flexibility index (Phi) is 37.9. The Morgan fingerprint density at radius 3 is 2.20 bits per heavy atom. The molecule has 8 atom stereocenters. The number of Topliss-reactive ketones (excluding diaryl/α,β-unsaturated/α-hetero) is 4. The second-order valence-corrected chi connectivity index (χ2v) is 28.9. The first-order valence-electron chi connectivity index (χ1n) is 36.9. The molecular weight excluding hydrogens is 1230 g/mol. The van der Waals surface area contributed by atoms with E-state index in [9.17, 15) is 33.6 Å². The quantitative estimate of drug-likeness (QED) is 0.0190. The number of rotatable bonds is 45. The van der Waals surface area contributed by atoms with Gasteiger partial charge in [0, 0.05) is 122 Å². The Balaban J connectivity index is 0.963. The molecule has 3 aliphatic heterocycles. The van der Waals surface area contributed by atoms with Gasteiger partial charge < -0.3 is 49.0 Å².